The van der Waals surface area contributed by atoms with Gasteiger partial charge in [0.2, 0.25) is 0 Å². The van der Waals surface area contributed by atoms with Crippen molar-refractivity contribution in [3.05, 3.63) is 144 Å². The topological polar surface area (TPSA) is 6.48 Å². The minimum Gasteiger partial charge on any atom is -0.330 e. The van der Waals surface area contributed by atoms with Gasteiger partial charge in [-0.15, -0.1) is 0 Å². The van der Waals surface area contributed by atoms with Gasteiger partial charge in [0.1, 0.15) is 0 Å². The summed E-state index contributed by atoms with van der Waals surface area (Å²) >= 11 is 0. The van der Waals surface area contributed by atoms with Gasteiger partial charge in [0.25, 0.3) is 0 Å². The number of hydrogen-bond donors (Lipinski definition) is 0. The molecule has 5 aromatic rings. The minimum absolute atomic E-state index is 0.154. The van der Waals surface area contributed by atoms with Crippen molar-refractivity contribution >= 4 is 33.5 Å². The summed E-state index contributed by atoms with van der Waals surface area (Å²) in [5, 5.41) is 2.54. The molecule has 0 bridgehead atoms. The smallest absolute Gasteiger partial charge is 0.0698 e. The highest BCUT2D eigenvalue weighted by Crippen LogP contribution is 2.51. The Labute approximate surface area is 213 Å². The van der Waals surface area contributed by atoms with E-state index in [1.165, 1.54) is 50.4 Å². The highest BCUT2D eigenvalue weighted by atomic mass is 15.3. The van der Waals surface area contributed by atoms with Crippen molar-refractivity contribution in [1.29, 1.82) is 0 Å². The molecule has 0 N–H and O–H groups in total. The van der Waals surface area contributed by atoms with Crippen LogP contribution in [-0.4, -0.2) is 0 Å². The van der Waals surface area contributed by atoms with Crippen molar-refractivity contribution < 1.29 is 0 Å². The largest absolute Gasteiger partial charge is 0.330 e. The summed E-state index contributed by atoms with van der Waals surface area (Å²) < 4.78 is 0. The molecule has 0 radical (unpaired) electrons. The van der Waals surface area contributed by atoms with Crippen LogP contribution in [0.1, 0.15) is 37.4 Å². The summed E-state index contributed by atoms with van der Waals surface area (Å²) in [6, 6.07) is 46.0. The normalized spacial score (nSPS) is 14.2. The maximum Gasteiger partial charge on any atom is 0.0698 e. The zero-order chi connectivity index (χ0) is 24.5. The second kappa shape index (κ2) is 9.39. The second-order valence-corrected chi connectivity index (χ2v) is 9.29. The maximum atomic E-state index is 2.56. The standard InChI is InChI=1S/C34H30N2/c1-3-31-34(30-22-14-18-27-17-10-11-21-29(27)30)35(25(2)26-15-6-4-7-16-26)32-23-12-13-24-33(32)36(31)28-19-8-5-9-20-28/h4-25H,3H2,1-2H3. The monoisotopic (exact) mass is 466 g/mol. The lowest BCUT2D eigenvalue weighted by molar-refractivity contribution is 0.762. The minimum atomic E-state index is 0.154. The number of fused-ring (bicyclic) bond motifs is 2. The van der Waals surface area contributed by atoms with Gasteiger partial charge in [0, 0.05) is 16.9 Å². The van der Waals surface area contributed by atoms with Crippen LogP contribution in [0.25, 0.3) is 16.5 Å². The molecule has 0 saturated carbocycles. The first-order chi connectivity index (χ1) is 17.8. The van der Waals surface area contributed by atoms with E-state index in [1.807, 2.05) is 0 Å². The van der Waals surface area contributed by atoms with E-state index in [2.05, 4.69) is 151 Å². The predicted molar refractivity (Wildman–Crippen MR) is 154 cm³/mol. The van der Waals surface area contributed by atoms with E-state index in [0.29, 0.717) is 0 Å². The van der Waals surface area contributed by atoms with Crippen molar-refractivity contribution in [1.82, 2.24) is 0 Å². The number of anilines is 3. The number of benzene rings is 5. The molecule has 2 nitrogen and oxygen atoms in total. The zero-order valence-corrected chi connectivity index (χ0v) is 20.8. The highest BCUT2D eigenvalue weighted by Gasteiger charge is 2.35. The Balaban J connectivity index is 1.70. The molecule has 0 saturated heterocycles. The Morgan fingerprint density at radius 2 is 1.22 bits per heavy atom. The van der Waals surface area contributed by atoms with Crippen LogP contribution in [0, 0.1) is 0 Å². The summed E-state index contributed by atoms with van der Waals surface area (Å²) in [6.07, 6.45) is 0.903. The first-order valence-corrected chi connectivity index (χ1v) is 12.8. The molecule has 36 heavy (non-hydrogen) atoms. The first kappa shape index (κ1) is 22.2. The Bertz CT molecular complexity index is 1530. The molecule has 0 spiro atoms. The van der Waals surface area contributed by atoms with Crippen LogP contribution in [-0.2, 0) is 0 Å². The molecule has 0 fully saturated rings. The molecular formula is C34H30N2. The van der Waals surface area contributed by atoms with E-state index in [-0.39, 0.29) is 6.04 Å². The Morgan fingerprint density at radius 3 is 1.97 bits per heavy atom. The first-order valence-electron chi connectivity index (χ1n) is 12.8. The summed E-state index contributed by atoms with van der Waals surface area (Å²) in [4.78, 5) is 5.02. The van der Waals surface area contributed by atoms with E-state index in [1.54, 1.807) is 0 Å². The van der Waals surface area contributed by atoms with Gasteiger partial charge in [0.05, 0.1) is 23.1 Å². The Kier molecular flexibility index (Phi) is 5.79. The van der Waals surface area contributed by atoms with Gasteiger partial charge in [-0.05, 0) is 53.9 Å². The third-order valence-corrected chi connectivity index (χ3v) is 7.23. The van der Waals surface area contributed by atoms with E-state index in [4.69, 9.17) is 0 Å². The van der Waals surface area contributed by atoms with Crippen LogP contribution in [0.5, 0.6) is 0 Å². The number of nitrogens with zero attached hydrogens (tertiary/aromatic N) is 2. The molecule has 1 aliphatic heterocycles. The molecule has 0 aliphatic carbocycles. The summed E-state index contributed by atoms with van der Waals surface area (Å²) in [6.45, 7) is 4.60. The molecule has 1 aliphatic rings. The average molecular weight is 467 g/mol. The third kappa shape index (κ3) is 3.67. The van der Waals surface area contributed by atoms with Gasteiger partial charge in [-0.1, -0.05) is 110 Å². The van der Waals surface area contributed by atoms with Crippen molar-refractivity contribution in [2.75, 3.05) is 9.80 Å². The summed E-state index contributed by atoms with van der Waals surface area (Å²) in [5.74, 6) is 0. The van der Waals surface area contributed by atoms with Crippen LogP contribution in [0.4, 0.5) is 17.1 Å². The average Bonchev–Trinajstić information content (AvgIpc) is 2.96. The van der Waals surface area contributed by atoms with Crippen molar-refractivity contribution in [2.45, 2.75) is 26.3 Å². The SMILES string of the molecule is CCC1=C(c2cccc3ccccc23)N(C(C)c2ccccc2)c2ccccc2N1c1ccccc1. The quantitative estimate of drug-likeness (QED) is 0.254. The summed E-state index contributed by atoms with van der Waals surface area (Å²) in [7, 11) is 0. The lowest BCUT2D eigenvalue weighted by Crippen LogP contribution is -2.35. The second-order valence-electron chi connectivity index (χ2n) is 9.29. The molecule has 6 rings (SSSR count). The molecule has 1 heterocycles. The Morgan fingerprint density at radius 1 is 0.611 bits per heavy atom. The number of allylic oxidation sites excluding steroid dienone is 1. The number of hydrogen-bond acceptors (Lipinski definition) is 2. The van der Waals surface area contributed by atoms with Crippen LogP contribution < -0.4 is 9.80 Å². The van der Waals surface area contributed by atoms with Gasteiger partial charge in [-0.2, -0.15) is 0 Å². The molecule has 1 atom stereocenters. The van der Waals surface area contributed by atoms with Gasteiger partial charge < -0.3 is 9.80 Å². The molecule has 1 unspecified atom stereocenters. The zero-order valence-electron chi connectivity index (χ0n) is 20.8. The van der Waals surface area contributed by atoms with Crippen LogP contribution in [0.3, 0.4) is 0 Å². The number of para-hydroxylation sites is 3. The van der Waals surface area contributed by atoms with Crippen molar-refractivity contribution in [2.24, 2.45) is 0 Å². The van der Waals surface area contributed by atoms with Crippen molar-refractivity contribution in [3.8, 4) is 0 Å². The molecule has 5 aromatic carbocycles. The summed E-state index contributed by atoms with van der Waals surface area (Å²) in [5.41, 5.74) is 8.76. The van der Waals surface area contributed by atoms with Crippen LogP contribution >= 0.6 is 0 Å². The van der Waals surface area contributed by atoms with Gasteiger partial charge >= 0.3 is 0 Å². The van der Waals surface area contributed by atoms with E-state index < -0.39 is 0 Å². The molecule has 176 valence electrons. The highest BCUT2D eigenvalue weighted by molar-refractivity contribution is 6.03. The molecule has 0 amide bonds. The van der Waals surface area contributed by atoms with Crippen molar-refractivity contribution in [3.63, 3.8) is 0 Å². The lowest BCUT2D eigenvalue weighted by Gasteiger charge is -2.45. The molecule has 2 heteroatoms. The lowest BCUT2D eigenvalue weighted by atomic mass is 9.93. The number of rotatable bonds is 5. The predicted octanol–water partition coefficient (Wildman–Crippen LogP) is 9.34. The maximum absolute atomic E-state index is 2.56. The fraction of sp³-hybridized carbons (Fsp3) is 0.118. The van der Waals surface area contributed by atoms with Gasteiger partial charge in [-0.25, -0.2) is 0 Å². The Hall–Kier alpha value is -4.30. The molecular weight excluding hydrogens is 436 g/mol. The van der Waals surface area contributed by atoms with Crippen LogP contribution in [0.2, 0.25) is 0 Å². The fourth-order valence-corrected chi connectivity index (χ4v) is 5.57. The molecule has 0 aromatic heterocycles. The fourth-order valence-electron chi connectivity index (χ4n) is 5.57. The van der Waals surface area contributed by atoms with Gasteiger partial charge in [-0.3, -0.25) is 0 Å². The van der Waals surface area contributed by atoms with Crippen LogP contribution in [0.15, 0.2) is 133 Å². The van der Waals surface area contributed by atoms with E-state index in [0.717, 1.165) is 6.42 Å². The third-order valence-electron chi connectivity index (χ3n) is 7.23. The van der Waals surface area contributed by atoms with E-state index in [9.17, 15) is 0 Å². The van der Waals surface area contributed by atoms with E-state index >= 15 is 0 Å². The van der Waals surface area contributed by atoms with Gasteiger partial charge in [0.15, 0.2) is 0 Å².